The molecule has 1 aromatic heterocycles. The summed E-state index contributed by atoms with van der Waals surface area (Å²) in [5.41, 5.74) is 5.47. The van der Waals surface area contributed by atoms with Crippen molar-refractivity contribution in [3.8, 4) is 0 Å². The number of rotatable bonds is 2. The number of amides is 1. The Morgan fingerprint density at radius 1 is 1.47 bits per heavy atom. The van der Waals surface area contributed by atoms with Crippen molar-refractivity contribution in [2.45, 2.75) is 18.9 Å². The maximum absolute atomic E-state index is 12.1. The van der Waals surface area contributed by atoms with Crippen molar-refractivity contribution in [3.05, 3.63) is 17.9 Å². The quantitative estimate of drug-likeness (QED) is 0.834. The number of hydrogen-bond donors (Lipinski definition) is 1. The van der Waals surface area contributed by atoms with Gasteiger partial charge < -0.3 is 20.0 Å². The third-order valence-corrected chi connectivity index (χ3v) is 3.39. The predicted octanol–water partition coefficient (Wildman–Crippen LogP) is 1.03. The molecule has 0 bridgehead atoms. The van der Waals surface area contributed by atoms with E-state index in [1.54, 1.807) is 17.0 Å². The smallest absolute Gasteiger partial charge is 0.289 e. The highest BCUT2D eigenvalue weighted by atomic mass is 16.4. The Kier molecular flexibility index (Phi) is 3.38. The van der Waals surface area contributed by atoms with E-state index in [2.05, 4.69) is 11.9 Å². The van der Waals surface area contributed by atoms with Gasteiger partial charge in [-0.3, -0.25) is 4.79 Å². The number of nitrogens with zero attached hydrogens (tertiary/aromatic N) is 2. The Labute approximate surface area is 101 Å². The minimum atomic E-state index is -0.0868. The number of nitrogen functional groups attached to an aromatic ring is 1. The molecule has 0 spiro atoms. The van der Waals surface area contributed by atoms with Gasteiger partial charge in [0, 0.05) is 19.2 Å². The first-order valence-corrected chi connectivity index (χ1v) is 5.89. The van der Waals surface area contributed by atoms with E-state index in [9.17, 15) is 4.79 Å². The van der Waals surface area contributed by atoms with Crippen LogP contribution in [0.4, 0.5) is 5.88 Å². The Morgan fingerprint density at radius 3 is 2.65 bits per heavy atom. The van der Waals surface area contributed by atoms with Crippen LogP contribution >= 0.6 is 0 Å². The first-order valence-electron chi connectivity index (χ1n) is 5.89. The van der Waals surface area contributed by atoms with Gasteiger partial charge in [-0.15, -0.1) is 0 Å². The molecule has 0 radical (unpaired) electrons. The maximum Gasteiger partial charge on any atom is 0.289 e. The van der Waals surface area contributed by atoms with E-state index in [-0.39, 0.29) is 11.8 Å². The molecule has 1 aromatic rings. The zero-order chi connectivity index (χ0) is 12.4. The largest absolute Gasteiger partial charge is 0.436 e. The van der Waals surface area contributed by atoms with Gasteiger partial charge in [-0.05, 0) is 39.0 Å². The molecule has 1 saturated heterocycles. The third-order valence-electron chi connectivity index (χ3n) is 3.39. The van der Waals surface area contributed by atoms with Crippen LogP contribution in [0.25, 0.3) is 0 Å². The average molecular weight is 237 g/mol. The molecule has 0 atom stereocenters. The summed E-state index contributed by atoms with van der Waals surface area (Å²) in [7, 11) is 3.93. The molecule has 2 rings (SSSR count). The average Bonchev–Trinajstić information content (AvgIpc) is 2.75. The van der Waals surface area contributed by atoms with Crippen LogP contribution in [0.3, 0.4) is 0 Å². The number of hydrogen-bond acceptors (Lipinski definition) is 4. The molecule has 2 N–H and O–H groups in total. The van der Waals surface area contributed by atoms with Crippen molar-refractivity contribution in [3.63, 3.8) is 0 Å². The molecule has 0 saturated carbocycles. The van der Waals surface area contributed by atoms with E-state index in [1.807, 2.05) is 7.05 Å². The topological polar surface area (TPSA) is 62.7 Å². The highest BCUT2D eigenvalue weighted by molar-refractivity contribution is 5.91. The first-order chi connectivity index (χ1) is 8.08. The predicted molar refractivity (Wildman–Crippen MR) is 65.7 cm³/mol. The van der Waals surface area contributed by atoms with Crippen LogP contribution in [-0.2, 0) is 0 Å². The van der Waals surface area contributed by atoms with Gasteiger partial charge >= 0.3 is 0 Å². The van der Waals surface area contributed by atoms with Crippen LogP contribution in [0.15, 0.2) is 16.5 Å². The minimum absolute atomic E-state index is 0.0868. The fourth-order valence-electron chi connectivity index (χ4n) is 2.19. The highest BCUT2D eigenvalue weighted by Gasteiger charge is 2.26. The van der Waals surface area contributed by atoms with Gasteiger partial charge in [-0.2, -0.15) is 0 Å². The molecule has 17 heavy (non-hydrogen) atoms. The Morgan fingerprint density at radius 2 is 2.12 bits per heavy atom. The van der Waals surface area contributed by atoms with Crippen LogP contribution in [0, 0.1) is 0 Å². The molecule has 5 heteroatoms. The summed E-state index contributed by atoms with van der Waals surface area (Å²) in [4.78, 5) is 16.1. The second-order valence-electron chi connectivity index (χ2n) is 4.65. The summed E-state index contributed by atoms with van der Waals surface area (Å²) in [5, 5.41) is 0. The van der Waals surface area contributed by atoms with E-state index < -0.39 is 0 Å². The molecule has 2 heterocycles. The number of furan rings is 1. The maximum atomic E-state index is 12.1. The van der Waals surface area contributed by atoms with Crippen LogP contribution in [0.5, 0.6) is 0 Å². The van der Waals surface area contributed by atoms with Gasteiger partial charge in [-0.25, -0.2) is 0 Å². The van der Waals surface area contributed by atoms with E-state index in [1.165, 1.54) is 0 Å². The molecular formula is C12H19N3O2. The lowest BCUT2D eigenvalue weighted by atomic mass is 10.0. The molecule has 1 aliphatic heterocycles. The van der Waals surface area contributed by atoms with Crippen molar-refractivity contribution < 1.29 is 9.21 Å². The molecule has 94 valence electrons. The minimum Gasteiger partial charge on any atom is -0.436 e. The zero-order valence-corrected chi connectivity index (χ0v) is 10.3. The SMILES string of the molecule is CN1CCC(N(C)C(=O)c2ccc(N)o2)CC1. The van der Waals surface area contributed by atoms with Crippen LogP contribution in [-0.4, -0.2) is 48.9 Å². The lowest BCUT2D eigenvalue weighted by Gasteiger charge is -2.34. The first kappa shape index (κ1) is 12.0. The van der Waals surface area contributed by atoms with Crippen molar-refractivity contribution >= 4 is 11.8 Å². The number of piperidine rings is 1. The van der Waals surface area contributed by atoms with Crippen LogP contribution in [0.2, 0.25) is 0 Å². The van der Waals surface area contributed by atoms with E-state index in [0.29, 0.717) is 11.8 Å². The van der Waals surface area contributed by atoms with Crippen LogP contribution < -0.4 is 5.73 Å². The summed E-state index contributed by atoms with van der Waals surface area (Å²) in [6, 6.07) is 3.53. The lowest BCUT2D eigenvalue weighted by molar-refractivity contribution is 0.0629. The summed E-state index contributed by atoms with van der Waals surface area (Å²) in [5.74, 6) is 0.519. The molecule has 0 aliphatic carbocycles. The lowest BCUT2D eigenvalue weighted by Crippen LogP contribution is -2.44. The van der Waals surface area contributed by atoms with Gasteiger partial charge in [0.2, 0.25) is 0 Å². The van der Waals surface area contributed by atoms with Crippen molar-refractivity contribution in [1.82, 2.24) is 9.80 Å². The van der Waals surface area contributed by atoms with Gasteiger partial charge in [0.1, 0.15) is 0 Å². The summed E-state index contributed by atoms with van der Waals surface area (Å²) >= 11 is 0. The van der Waals surface area contributed by atoms with Crippen LogP contribution in [0.1, 0.15) is 23.4 Å². The Balaban J connectivity index is 2.00. The monoisotopic (exact) mass is 237 g/mol. The summed E-state index contributed by atoms with van der Waals surface area (Å²) < 4.78 is 5.15. The standard InChI is InChI=1S/C12H19N3O2/c1-14-7-5-9(6-8-14)15(2)12(16)10-3-4-11(13)17-10/h3-4,9H,5-8,13H2,1-2H3. The zero-order valence-electron chi connectivity index (χ0n) is 10.3. The third kappa shape index (κ3) is 2.61. The fourth-order valence-corrected chi connectivity index (χ4v) is 2.19. The second kappa shape index (κ2) is 4.79. The van der Waals surface area contributed by atoms with E-state index >= 15 is 0 Å². The molecule has 5 nitrogen and oxygen atoms in total. The highest BCUT2D eigenvalue weighted by Crippen LogP contribution is 2.18. The number of carbonyl (C=O) groups is 1. The normalized spacial score (nSPS) is 18.2. The van der Waals surface area contributed by atoms with Gasteiger partial charge in [-0.1, -0.05) is 0 Å². The Bertz CT molecular complexity index is 394. The van der Waals surface area contributed by atoms with Gasteiger partial charge in [0.15, 0.2) is 11.6 Å². The summed E-state index contributed by atoms with van der Waals surface area (Å²) in [6.45, 7) is 2.06. The van der Waals surface area contributed by atoms with E-state index in [0.717, 1.165) is 25.9 Å². The van der Waals surface area contributed by atoms with Gasteiger partial charge in [0.25, 0.3) is 5.91 Å². The molecule has 1 amide bonds. The molecule has 0 aromatic carbocycles. The molecular weight excluding hydrogens is 218 g/mol. The number of carbonyl (C=O) groups excluding carboxylic acids is 1. The fraction of sp³-hybridized carbons (Fsp3) is 0.583. The molecule has 1 aliphatic rings. The summed E-state index contributed by atoms with van der Waals surface area (Å²) in [6.07, 6.45) is 2.02. The Hall–Kier alpha value is -1.49. The van der Waals surface area contributed by atoms with Crippen molar-refractivity contribution in [2.75, 3.05) is 32.9 Å². The van der Waals surface area contributed by atoms with Crippen molar-refractivity contribution in [1.29, 1.82) is 0 Å². The van der Waals surface area contributed by atoms with Gasteiger partial charge in [0.05, 0.1) is 0 Å². The van der Waals surface area contributed by atoms with Crippen molar-refractivity contribution in [2.24, 2.45) is 0 Å². The molecule has 0 unspecified atom stereocenters. The van der Waals surface area contributed by atoms with E-state index in [4.69, 9.17) is 10.2 Å². The number of anilines is 1. The number of nitrogens with two attached hydrogens (primary N) is 1. The number of likely N-dealkylation sites (tertiary alicyclic amines) is 1. The molecule has 1 fully saturated rings. The second-order valence-corrected chi connectivity index (χ2v) is 4.65.